The predicted octanol–water partition coefficient (Wildman–Crippen LogP) is 3.38. The van der Waals surface area contributed by atoms with E-state index in [1.165, 1.54) is 5.56 Å². The molecule has 2 aromatic rings. The van der Waals surface area contributed by atoms with Crippen LogP contribution in [-0.4, -0.2) is 35.1 Å². The van der Waals surface area contributed by atoms with Crippen LogP contribution in [0.25, 0.3) is 10.9 Å². The smallest absolute Gasteiger partial charge is 0.134 e. The molecule has 0 spiro atoms. The van der Waals surface area contributed by atoms with Crippen molar-refractivity contribution < 1.29 is 0 Å². The molecule has 0 amide bonds. The van der Waals surface area contributed by atoms with Crippen molar-refractivity contribution in [3.63, 3.8) is 0 Å². The van der Waals surface area contributed by atoms with E-state index in [0.29, 0.717) is 17.2 Å². The summed E-state index contributed by atoms with van der Waals surface area (Å²) in [6.07, 6.45) is 0. The molecule has 21 heavy (non-hydrogen) atoms. The summed E-state index contributed by atoms with van der Waals surface area (Å²) in [5.41, 5.74) is 3.31. The molecule has 1 aliphatic rings. The zero-order valence-corrected chi connectivity index (χ0v) is 13.6. The van der Waals surface area contributed by atoms with Crippen LogP contribution in [-0.2, 0) is 6.54 Å². The first kappa shape index (κ1) is 14.8. The summed E-state index contributed by atoms with van der Waals surface area (Å²) in [5, 5.41) is 5.25. The fourth-order valence-electron chi connectivity index (χ4n) is 3.09. The lowest BCUT2D eigenvalue weighted by Crippen LogP contribution is -2.54. The number of nitrogens with one attached hydrogen (secondary N) is 1. The van der Waals surface area contributed by atoms with E-state index in [1.54, 1.807) is 0 Å². The molecular formula is C17H22ClN3. The molecule has 2 heterocycles. The van der Waals surface area contributed by atoms with E-state index in [2.05, 4.69) is 60.2 Å². The number of rotatable bonds is 2. The third kappa shape index (κ3) is 3.05. The largest absolute Gasteiger partial charge is 0.314 e. The second-order valence-electron chi connectivity index (χ2n) is 6.16. The molecule has 1 aliphatic heterocycles. The van der Waals surface area contributed by atoms with E-state index in [0.717, 1.165) is 36.1 Å². The third-order valence-electron chi connectivity index (χ3n) is 4.36. The molecule has 0 radical (unpaired) electrons. The van der Waals surface area contributed by atoms with Gasteiger partial charge in [0.15, 0.2) is 0 Å². The minimum atomic E-state index is 0.513. The Morgan fingerprint density at radius 2 is 1.95 bits per heavy atom. The SMILES string of the molecule is Cc1ccc2cc(CN3C(C)CNCC3C)c(Cl)nc2c1. The normalized spacial score (nSPS) is 23.6. The quantitative estimate of drug-likeness (QED) is 0.862. The highest BCUT2D eigenvalue weighted by Crippen LogP contribution is 2.24. The van der Waals surface area contributed by atoms with Gasteiger partial charge in [0, 0.05) is 42.7 Å². The molecule has 0 bridgehead atoms. The molecule has 0 saturated carbocycles. The average Bonchev–Trinajstić information content (AvgIpc) is 2.43. The number of hydrogen-bond acceptors (Lipinski definition) is 3. The Morgan fingerprint density at radius 3 is 2.67 bits per heavy atom. The van der Waals surface area contributed by atoms with E-state index in [-0.39, 0.29) is 0 Å². The van der Waals surface area contributed by atoms with Gasteiger partial charge in [-0.3, -0.25) is 4.90 Å². The van der Waals surface area contributed by atoms with Gasteiger partial charge in [0.1, 0.15) is 5.15 Å². The molecule has 2 atom stereocenters. The summed E-state index contributed by atoms with van der Waals surface area (Å²) in [6.45, 7) is 9.51. The van der Waals surface area contributed by atoms with E-state index < -0.39 is 0 Å². The summed E-state index contributed by atoms with van der Waals surface area (Å²) < 4.78 is 0. The number of halogens is 1. The number of aromatic nitrogens is 1. The molecule has 1 N–H and O–H groups in total. The van der Waals surface area contributed by atoms with Crippen molar-refractivity contribution in [3.05, 3.63) is 40.5 Å². The van der Waals surface area contributed by atoms with Crippen LogP contribution in [0.4, 0.5) is 0 Å². The molecule has 1 fully saturated rings. The van der Waals surface area contributed by atoms with Gasteiger partial charge in [-0.2, -0.15) is 0 Å². The Morgan fingerprint density at radius 1 is 1.24 bits per heavy atom. The van der Waals surface area contributed by atoms with Gasteiger partial charge in [-0.25, -0.2) is 4.98 Å². The number of aryl methyl sites for hydroxylation is 1. The number of nitrogens with zero attached hydrogens (tertiary/aromatic N) is 2. The molecule has 3 nitrogen and oxygen atoms in total. The van der Waals surface area contributed by atoms with Crippen molar-refractivity contribution >= 4 is 22.5 Å². The molecule has 1 aromatic carbocycles. The maximum Gasteiger partial charge on any atom is 0.134 e. The van der Waals surface area contributed by atoms with Crippen LogP contribution in [0.2, 0.25) is 5.15 Å². The van der Waals surface area contributed by atoms with Crippen molar-refractivity contribution in [3.8, 4) is 0 Å². The minimum Gasteiger partial charge on any atom is -0.314 e. The van der Waals surface area contributed by atoms with E-state index in [9.17, 15) is 0 Å². The Labute approximate surface area is 131 Å². The maximum atomic E-state index is 6.42. The highest BCUT2D eigenvalue weighted by Gasteiger charge is 2.25. The van der Waals surface area contributed by atoms with E-state index >= 15 is 0 Å². The zero-order valence-electron chi connectivity index (χ0n) is 12.9. The Balaban J connectivity index is 1.93. The lowest BCUT2D eigenvalue weighted by molar-refractivity contribution is 0.109. The van der Waals surface area contributed by atoms with Gasteiger partial charge in [-0.05, 0) is 38.5 Å². The Hall–Kier alpha value is -1.16. The van der Waals surface area contributed by atoms with E-state index in [1.807, 2.05) is 0 Å². The molecule has 0 aliphatic carbocycles. The van der Waals surface area contributed by atoms with Gasteiger partial charge in [-0.15, -0.1) is 0 Å². The number of benzene rings is 1. The summed E-state index contributed by atoms with van der Waals surface area (Å²) in [7, 11) is 0. The zero-order chi connectivity index (χ0) is 15.0. The van der Waals surface area contributed by atoms with Crippen LogP contribution in [0.3, 0.4) is 0 Å². The van der Waals surface area contributed by atoms with Gasteiger partial charge in [0.05, 0.1) is 5.52 Å². The topological polar surface area (TPSA) is 28.2 Å². The first-order valence-corrected chi connectivity index (χ1v) is 7.94. The van der Waals surface area contributed by atoms with Crippen LogP contribution in [0, 0.1) is 6.92 Å². The fraction of sp³-hybridized carbons (Fsp3) is 0.471. The maximum absolute atomic E-state index is 6.42. The molecule has 1 aromatic heterocycles. The van der Waals surface area contributed by atoms with Crippen LogP contribution >= 0.6 is 11.6 Å². The van der Waals surface area contributed by atoms with Crippen LogP contribution in [0.15, 0.2) is 24.3 Å². The number of fused-ring (bicyclic) bond motifs is 1. The summed E-state index contributed by atoms with van der Waals surface area (Å²) in [6, 6.07) is 9.55. The van der Waals surface area contributed by atoms with Crippen molar-refractivity contribution in [1.82, 2.24) is 15.2 Å². The lowest BCUT2D eigenvalue weighted by atomic mass is 10.1. The van der Waals surface area contributed by atoms with E-state index in [4.69, 9.17) is 11.6 Å². The Kier molecular flexibility index (Phi) is 4.16. The second-order valence-corrected chi connectivity index (χ2v) is 6.52. The molecule has 112 valence electrons. The molecule has 4 heteroatoms. The standard InChI is InChI=1S/C17H22ClN3/c1-11-4-5-14-7-15(17(18)20-16(14)6-11)10-21-12(2)8-19-9-13(21)3/h4-7,12-13,19H,8-10H2,1-3H3. The van der Waals surface area contributed by atoms with Crippen LogP contribution in [0.5, 0.6) is 0 Å². The third-order valence-corrected chi connectivity index (χ3v) is 4.69. The number of hydrogen-bond donors (Lipinski definition) is 1. The molecule has 3 rings (SSSR count). The molecular weight excluding hydrogens is 282 g/mol. The second kappa shape index (κ2) is 5.91. The summed E-state index contributed by atoms with van der Waals surface area (Å²) >= 11 is 6.42. The summed E-state index contributed by atoms with van der Waals surface area (Å²) in [5.74, 6) is 0. The predicted molar refractivity (Wildman–Crippen MR) is 88.8 cm³/mol. The minimum absolute atomic E-state index is 0.513. The first-order valence-electron chi connectivity index (χ1n) is 7.57. The Bertz CT molecular complexity index is 646. The summed E-state index contributed by atoms with van der Waals surface area (Å²) in [4.78, 5) is 7.07. The molecule has 2 unspecified atom stereocenters. The first-order chi connectivity index (χ1) is 10.0. The molecule has 1 saturated heterocycles. The van der Waals surface area contributed by atoms with Gasteiger partial charge >= 0.3 is 0 Å². The van der Waals surface area contributed by atoms with Gasteiger partial charge < -0.3 is 5.32 Å². The van der Waals surface area contributed by atoms with Crippen LogP contribution < -0.4 is 5.32 Å². The van der Waals surface area contributed by atoms with Crippen molar-refractivity contribution in [1.29, 1.82) is 0 Å². The van der Waals surface area contributed by atoms with Crippen molar-refractivity contribution in [2.75, 3.05) is 13.1 Å². The highest BCUT2D eigenvalue weighted by atomic mass is 35.5. The number of piperazine rings is 1. The van der Waals surface area contributed by atoms with Gasteiger partial charge in [0.25, 0.3) is 0 Å². The van der Waals surface area contributed by atoms with Gasteiger partial charge in [-0.1, -0.05) is 23.7 Å². The lowest BCUT2D eigenvalue weighted by Gasteiger charge is -2.39. The highest BCUT2D eigenvalue weighted by molar-refractivity contribution is 6.30. The van der Waals surface area contributed by atoms with Crippen LogP contribution in [0.1, 0.15) is 25.0 Å². The average molecular weight is 304 g/mol. The van der Waals surface area contributed by atoms with Gasteiger partial charge in [0.2, 0.25) is 0 Å². The van der Waals surface area contributed by atoms with Crippen molar-refractivity contribution in [2.45, 2.75) is 39.4 Å². The number of pyridine rings is 1. The fourth-order valence-corrected chi connectivity index (χ4v) is 3.29. The van der Waals surface area contributed by atoms with Crippen molar-refractivity contribution in [2.24, 2.45) is 0 Å². The monoisotopic (exact) mass is 303 g/mol.